The van der Waals surface area contributed by atoms with Crippen molar-refractivity contribution in [1.82, 2.24) is 4.90 Å². The Balaban J connectivity index is 1.90. The van der Waals surface area contributed by atoms with E-state index in [0.717, 1.165) is 11.1 Å². The molecule has 0 bridgehead atoms. The number of carbonyl (C=O) groups excluding carboxylic acids is 1. The summed E-state index contributed by atoms with van der Waals surface area (Å²) >= 11 is 0. The van der Waals surface area contributed by atoms with Gasteiger partial charge in [-0.25, -0.2) is 4.99 Å². The molecule has 9 nitrogen and oxygen atoms in total. The van der Waals surface area contributed by atoms with Gasteiger partial charge in [0.05, 0.1) is 6.61 Å². The molecule has 1 aliphatic rings. The molecule has 31 heavy (non-hydrogen) atoms. The van der Waals surface area contributed by atoms with E-state index in [-0.39, 0.29) is 25.5 Å². The normalized spacial score (nSPS) is 17.3. The van der Waals surface area contributed by atoms with Gasteiger partial charge in [-0.15, -0.1) is 0 Å². The Morgan fingerprint density at radius 2 is 2.03 bits per heavy atom. The second-order valence-electron chi connectivity index (χ2n) is 7.38. The first-order valence-corrected chi connectivity index (χ1v) is 9.90. The van der Waals surface area contributed by atoms with E-state index in [0.29, 0.717) is 30.4 Å². The van der Waals surface area contributed by atoms with Gasteiger partial charge in [-0.2, -0.15) is 0 Å². The summed E-state index contributed by atoms with van der Waals surface area (Å²) in [6.45, 7) is 0.588. The quantitative estimate of drug-likeness (QED) is 0.288. The fourth-order valence-corrected chi connectivity index (χ4v) is 3.36. The van der Waals surface area contributed by atoms with Crippen molar-refractivity contribution in [3.63, 3.8) is 0 Å². The molecule has 0 aromatic heterocycles. The van der Waals surface area contributed by atoms with Crippen molar-refractivity contribution >= 4 is 17.5 Å². The van der Waals surface area contributed by atoms with Crippen molar-refractivity contribution in [1.29, 1.82) is 0 Å². The van der Waals surface area contributed by atoms with Crippen molar-refractivity contribution in [2.45, 2.75) is 18.4 Å². The van der Waals surface area contributed by atoms with E-state index in [4.69, 9.17) is 25.1 Å². The van der Waals surface area contributed by atoms with E-state index in [9.17, 15) is 4.79 Å². The SMILES string of the molecule is CN(C)C(=O)[C@@]1(Cc2ccccc2N=[N+]=[N-])COC(c2ccc(OCCCO)cc2)=N1. The summed E-state index contributed by atoms with van der Waals surface area (Å²) in [4.78, 5) is 22.2. The number of nitrogens with zero attached hydrogens (tertiary/aromatic N) is 5. The number of hydrogen-bond donors (Lipinski definition) is 1. The summed E-state index contributed by atoms with van der Waals surface area (Å²) in [6, 6.07) is 14.4. The van der Waals surface area contributed by atoms with Crippen LogP contribution in [-0.2, 0) is 16.0 Å². The molecule has 2 aromatic rings. The van der Waals surface area contributed by atoms with Crippen molar-refractivity contribution in [3.05, 3.63) is 70.1 Å². The third-order valence-electron chi connectivity index (χ3n) is 4.87. The highest BCUT2D eigenvalue weighted by Crippen LogP contribution is 2.32. The average molecular weight is 423 g/mol. The molecule has 1 aliphatic heterocycles. The molecule has 0 saturated carbocycles. The Kier molecular flexibility index (Phi) is 7.12. The number of carbonyl (C=O) groups is 1. The Morgan fingerprint density at radius 3 is 2.71 bits per heavy atom. The van der Waals surface area contributed by atoms with Crippen LogP contribution in [0.2, 0.25) is 0 Å². The van der Waals surface area contributed by atoms with Gasteiger partial charge in [0.2, 0.25) is 5.90 Å². The minimum absolute atomic E-state index is 0.0769. The first-order valence-electron chi connectivity index (χ1n) is 9.90. The number of hydrogen-bond acceptors (Lipinski definition) is 6. The summed E-state index contributed by atoms with van der Waals surface area (Å²) in [5.41, 5.74) is 9.61. The van der Waals surface area contributed by atoms with Crippen LogP contribution in [0.3, 0.4) is 0 Å². The van der Waals surface area contributed by atoms with E-state index in [1.165, 1.54) is 4.90 Å². The molecular formula is C22H25N5O4. The third kappa shape index (κ3) is 5.14. The molecule has 1 N–H and O–H groups in total. The lowest BCUT2D eigenvalue weighted by Gasteiger charge is -2.27. The van der Waals surface area contributed by atoms with Crippen molar-refractivity contribution in [2.75, 3.05) is 33.9 Å². The van der Waals surface area contributed by atoms with Crippen LogP contribution >= 0.6 is 0 Å². The molecule has 0 fully saturated rings. The number of rotatable bonds is 9. The first kappa shape index (κ1) is 22.1. The van der Waals surface area contributed by atoms with Gasteiger partial charge in [-0.1, -0.05) is 29.4 Å². The highest BCUT2D eigenvalue weighted by atomic mass is 16.5. The number of azide groups is 1. The molecule has 1 atom stereocenters. The van der Waals surface area contributed by atoms with E-state index in [2.05, 4.69) is 10.0 Å². The van der Waals surface area contributed by atoms with Gasteiger partial charge in [0.25, 0.3) is 5.91 Å². The van der Waals surface area contributed by atoms with Crippen LogP contribution in [0.25, 0.3) is 10.4 Å². The standard InChI is InChI=1S/C22H25N5O4/c1-27(2)21(29)22(14-17-6-3-4-7-19(17)25-26-23)15-31-20(24-22)16-8-10-18(11-9-16)30-13-5-12-28/h3-4,6-11,28H,5,12-15H2,1-2H3/t22-/m1/s1. The van der Waals surface area contributed by atoms with E-state index < -0.39 is 5.54 Å². The number of likely N-dealkylation sites (N-methyl/N-ethyl adjacent to an activating group) is 1. The maximum Gasteiger partial charge on any atom is 0.254 e. The Bertz CT molecular complexity index is 999. The molecule has 0 radical (unpaired) electrons. The predicted octanol–water partition coefficient (Wildman–Crippen LogP) is 3.24. The van der Waals surface area contributed by atoms with Crippen LogP contribution < -0.4 is 4.74 Å². The minimum Gasteiger partial charge on any atom is -0.494 e. The lowest BCUT2D eigenvalue weighted by molar-refractivity contribution is -0.134. The first-order chi connectivity index (χ1) is 15.0. The van der Waals surface area contributed by atoms with Gasteiger partial charge < -0.3 is 19.5 Å². The van der Waals surface area contributed by atoms with Crippen molar-refractivity contribution in [3.8, 4) is 5.75 Å². The number of ether oxygens (including phenoxy) is 2. The third-order valence-corrected chi connectivity index (χ3v) is 4.87. The van der Waals surface area contributed by atoms with Crippen LogP contribution in [0, 0.1) is 0 Å². The second kappa shape index (κ2) is 9.97. The Morgan fingerprint density at radius 1 is 1.29 bits per heavy atom. The largest absolute Gasteiger partial charge is 0.494 e. The Hall–Kier alpha value is -3.55. The number of aliphatic hydroxyl groups is 1. The molecule has 1 heterocycles. The lowest BCUT2D eigenvalue weighted by atomic mass is 9.90. The lowest BCUT2D eigenvalue weighted by Crippen LogP contribution is -2.47. The summed E-state index contributed by atoms with van der Waals surface area (Å²) in [5, 5.41) is 12.6. The van der Waals surface area contributed by atoms with E-state index >= 15 is 0 Å². The zero-order chi connectivity index (χ0) is 22.3. The number of aliphatic hydroxyl groups excluding tert-OH is 1. The van der Waals surface area contributed by atoms with E-state index in [1.54, 1.807) is 38.4 Å². The number of benzene rings is 2. The highest BCUT2D eigenvalue weighted by molar-refractivity contribution is 6.00. The van der Waals surface area contributed by atoms with Crippen LogP contribution in [0.4, 0.5) is 5.69 Å². The zero-order valence-electron chi connectivity index (χ0n) is 17.6. The average Bonchev–Trinajstić information content (AvgIpc) is 3.20. The zero-order valence-corrected chi connectivity index (χ0v) is 17.6. The highest BCUT2D eigenvalue weighted by Gasteiger charge is 2.45. The molecule has 9 heteroatoms. The molecule has 162 valence electrons. The number of amides is 1. The monoisotopic (exact) mass is 423 g/mol. The molecule has 0 unspecified atom stereocenters. The summed E-state index contributed by atoms with van der Waals surface area (Å²) in [5.74, 6) is 0.857. The number of aliphatic imine (C=N–C) groups is 1. The summed E-state index contributed by atoms with van der Waals surface area (Å²) in [7, 11) is 3.35. The van der Waals surface area contributed by atoms with Crippen LogP contribution in [0.1, 0.15) is 17.5 Å². The van der Waals surface area contributed by atoms with E-state index in [1.807, 2.05) is 24.3 Å². The molecule has 0 aliphatic carbocycles. The molecule has 0 saturated heterocycles. The van der Waals surface area contributed by atoms with Gasteiger partial charge in [0, 0.05) is 49.7 Å². The van der Waals surface area contributed by atoms with Crippen LogP contribution in [0.15, 0.2) is 58.6 Å². The Labute approximate surface area is 180 Å². The van der Waals surface area contributed by atoms with Gasteiger partial charge in [-0.3, -0.25) is 4.79 Å². The fraction of sp³-hybridized carbons (Fsp3) is 0.364. The molecule has 2 aromatic carbocycles. The van der Waals surface area contributed by atoms with Crippen LogP contribution in [-0.4, -0.2) is 61.3 Å². The van der Waals surface area contributed by atoms with Gasteiger partial charge in [0.1, 0.15) is 12.4 Å². The van der Waals surface area contributed by atoms with Gasteiger partial charge in [-0.05, 0) is 35.4 Å². The van der Waals surface area contributed by atoms with Gasteiger partial charge in [0.15, 0.2) is 5.54 Å². The van der Waals surface area contributed by atoms with Crippen molar-refractivity contribution in [2.24, 2.45) is 10.1 Å². The predicted molar refractivity (Wildman–Crippen MR) is 117 cm³/mol. The molecule has 0 spiro atoms. The second-order valence-corrected chi connectivity index (χ2v) is 7.38. The maximum absolute atomic E-state index is 13.1. The summed E-state index contributed by atoms with van der Waals surface area (Å²) < 4.78 is 11.4. The molecular weight excluding hydrogens is 398 g/mol. The van der Waals surface area contributed by atoms with Crippen molar-refractivity contribution < 1.29 is 19.4 Å². The fourth-order valence-electron chi connectivity index (χ4n) is 3.36. The minimum atomic E-state index is -1.16. The molecule has 3 rings (SSSR count). The topological polar surface area (TPSA) is 120 Å². The molecule has 1 amide bonds. The smallest absolute Gasteiger partial charge is 0.254 e. The van der Waals surface area contributed by atoms with Gasteiger partial charge >= 0.3 is 0 Å². The maximum atomic E-state index is 13.1. The van der Waals surface area contributed by atoms with Crippen LogP contribution in [0.5, 0.6) is 5.75 Å². The summed E-state index contributed by atoms with van der Waals surface area (Å²) in [6.07, 6.45) is 0.801.